The number of aromatic nitrogens is 3. The Morgan fingerprint density at radius 3 is 2.37 bits per heavy atom. The first kappa shape index (κ1) is 22.4. The van der Waals surface area contributed by atoms with Gasteiger partial charge in [-0.3, -0.25) is 14.6 Å². The van der Waals surface area contributed by atoms with Gasteiger partial charge in [-0.15, -0.1) is 11.8 Å². The van der Waals surface area contributed by atoms with E-state index in [2.05, 4.69) is 20.6 Å². The SMILES string of the molecule is O=C(Nc1cccc(C(=O)Nc2ccncc2)c1)c1ccc(SCc2cn3ccccc3n2)cc1. The van der Waals surface area contributed by atoms with E-state index in [0.29, 0.717) is 22.5 Å². The Balaban J connectivity index is 1.19. The maximum absolute atomic E-state index is 12.7. The fraction of sp³-hybridized carbons (Fsp3) is 0.0370. The van der Waals surface area contributed by atoms with Crippen LogP contribution in [0.25, 0.3) is 5.65 Å². The number of hydrogen-bond acceptors (Lipinski definition) is 5. The molecule has 3 heterocycles. The zero-order valence-electron chi connectivity index (χ0n) is 18.6. The van der Waals surface area contributed by atoms with Crippen LogP contribution in [0.2, 0.25) is 0 Å². The Kier molecular flexibility index (Phi) is 6.54. The molecule has 0 unspecified atom stereocenters. The fourth-order valence-electron chi connectivity index (χ4n) is 3.50. The van der Waals surface area contributed by atoms with Crippen molar-refractivity contribution in [3.8, 4) is 0 Å². The summed E-state index contributed by atoms with van der Waals surface area (Å²) >= 11 is 1.66. The molecular weight excluding hydrogens is 458 g/mol. The van der Waals surface area contributed by atoms with Crippen LogP contribution in [0.5, 0.6) is 0 Å². The first-order chi connectivity index (χ1) is 17.1. The number of benzene rings is 2. The highest BCUT2D eigenvalue weighted by atomic mass is 32.2. The number of anilines is 2. The molecule has 0 radical (unpaired) electrons. The van der Waals surface area contributed by atoms with E-state index in [1.807, 2.05) is 47.1 Å². The molecule has 0 spiro atoms. The largest absolute Gasteiger partial charge is 0.322 e. The maximum atomic E-state index is 12.7. The van der Waals surface area contributed by atoms with Gasteiger partial charge < -0.3 is 15.0 Å². The van der Waals surface area contributed by atoms with E-state index >= 15 is 0 Å². The second-order valence-corrected chi connectivity index (χ2v) is 8.79. The summed E-state index contributed by atoms with van der Waals surface area (Å²) in [7, 11) is 0. The number of carbonyl (C=O) groups excluding carboxylic acids is 2. The standard InChI is InChI=1S/C27H21N5O2S/c33-26(31-22-5-3-4-20(16-22)27(34)30-21-11-13-28-14-12-21)19-7-9-24(10-8-19)35-18-23-17-32-15-2-1-6-25(32)29-23/h1-17H,18H2,(H,31,33)(H,28,30,34). The lowest BCUT2D eigenvalue weighted by Gasteiger charge is -2.09. The van der Waals surface area contributed by atoms with Gasteiger partial charge >= 0.3 is 0 Å². The van der Waals surface area contributed by atoms with Gasteiger partial charge in [0.05, 0.1) is 5.69 Å². The Bertz CT molecular complexity index is 1450. The third-order valence-electron chi connectivity index (χ3n) is 5.24. The Morgan fingerprint density at radius 1 is 0.800 bits per heavy atom. The molecule has 0 bridgehead atoms. The van der Waals surface area contributed by atoms with Crippen LogP contribution in [-0.4, -0.2) is 26.2 Å². The summed E-state index contributed by atoms with van der Waals surface area (Å²) in [5, 5.41) is 5.67. The van der Waals surface area contributed by atoms with Crippen LogP contribution in [0.15, 0.2) is 109 Å². The predicted octanol–water partition coefficient (Wildman–Crippen LogP) is 5.53. The number of thioether (sulfide) groups is 1. The molecule has 8 heteroatoms. The van der Waals surface area contributed by atoms with Crippen molar-refractivity contribution in [3.05, 3.63) is 120 Å². The van der Waals surface area contributed by atoms with E-state index in [1.54, 1.807) is 72.7 Å². The minimum Gasteiger partial charge on any atom is -0.322 e. The Morgan fingerprint density at radius 2 is 1.57 bits per heavy atom. The second kappa shape index (κ2) is 10.2. The Labute approximate surface area is 206 Å². The average Bonchev–Trinajstić information content (AvgIpc) is 3.32. The number of nitrogens with one attached hydrogen (secondary N) is 2. The van der Waals surface area contributed by atoms with E-state index in [-0.39, 0.29) is 11.8 Å². The predicted molar refractivity (Wildman–Crippen MR) is 138 cm³/mol. The van der Waals surface area contributed by atoms with Gasteiger partial charge in [-0.2, -0.15) is 0 Å². The van der Waals surface area contributed by atoms with Crippen molar-refractivity contribution < 1.29 is 9.59 Å². The van der Waals surface area contributed by atoms with Gasteiger partial charge in [-0.25, -0.2) is 4.98 Å². The molecule has 0 aliphatic heterocycles. The number of rotatable bonds is 7. The molecule has 0 saturated carbocycles. The number of amides is 2. The lowest BCUT2D eigenvalue weighted by Crippen LogP contribution is -2.14. The second-order valence-electron chi connectivity index (χ2n) is 7.74. The van der Waals surface area contributed by atoms with E-state index in [1.165, 1.54) is 0 Å². The van der Waals surface area contributed by atoms with Crippen molar-refractivity contribution >= 4 is 40.6 Å². The van der Waals surface area contributed by atoms with Crippen LogP contribution in [-0.2, 0) is 5.75 Å². The van der Waals surface area contributed by atoms with Gasteiger partial charge in [-0.05, 0) is 66.7 Å². The van der Waals surface area contributed by atoms with Gasteiger partial charge in [0.15, 0.2) is 0 Å². The van der Waals surface area contributed by atoms with E-state index in [0.717, 1.165) is 22.0 Å². The van der Waals surface area contributed by atoms with Crippen LogP contribution in [0, 0.1) is 0 Å². The number of fused-ring (bicyclic) bond motifs is 1. The van der Waals surface area contributed by atoms with Gasteiger partial charge in [0.2, 0.25) is 0 Å². The normalized spacial score (nSPS) is 10.7. The molecule has 3 aromatic heterocycles. The van der Waals surface area contributed by atoms with Gasteiger partial charge in [0.1, 0.15) is 5.65 Å². The summed E-state index contributed by atoms with van der Waals surface area (Å²) in [5.41, 5.74) is 4.10. The van der Waals surface area contributed by atoms with E-state index in [4.69, 9.17) is 0 Å². The van der Waals surface area contributed by atoms with Crippen molar-refractivity contribution in [1.82, 2.24) is 14.4 Å². The number of hydrogen-bond donors (Lipinski definition) is 2. The van der Waals surface area contributed by atoms with Crippen molar-refractivity contribution in [2.45, 2.75) is 10.6 Å². The molecule has 2 amide bonds. The highest BCUT2D eigenvalue weighted by Crippen LogP contribution is 2.23. The molecule has 2 N–H and O–H groups in total. The van der Waals surface area contributed by atoms with Crippen molar-refractivity contribution in [3.63, 3.8) is 0 Å². The van der Waals surface area contributed by atoms with Crippen LogP contribution in [0.4, 0.5) is 11.4 Å². The molecule has 0 saturated heterocycles. The Hall–Kier alpha value is -4.43. The van der Waals surface area contributed by atoms with Gasteiger partial charge in [0.25, 0.3) is 11.8 Å². The van der Waals surface area contributed by atoms with Crippen LogP contribution in [0.3, 0.4) is 0 Å². The lowest BCUT2D eigenvalue weighted by atomic mass is 10.1. The molecule has 0 fully saturated rings. The molecule has 5 aromatic rings. The number of pyridine rings is 2. The minimum absolute atomic E-state index is 0.242. The average molecular weight is 480 g/mol. The number of imidazole rings is 1. The third-order valence-corrected chi connectivity index (χ3v) is 6.28. The number of carbonyl (C=O) groups is 2. The van der Waals surface area contributed by atoms with Crippen LogP contribution < -0.4 is 10.6 Å². The van der Waals surface area contributed by atoms with Gasteiger partial charge in [0, 0.05) is 57.9 Å². The van der Waals surface area contributed by atoms with E-state index in [9.17, 15) is 9.59 Å². The highest BCUT2D eigenvalue weighted by Gasteiger charge is 2.10. The first-order valence-corrected chi connectivity index (χ1v) is 11.9. The summed E-state index contributed by atoms with van der Waals surface area (Å²) in [6.07, 6.45) is 7.22. The lowest BCUT2D eigenvalue weighted by molar-refractivity contribution is 0.101. The fourth-order valence-corrected chi connectivity index (χ4v) is 4.28. The smallest absolute Gasteiger partial charge is 0.255 e. The monoisotopic (exact) mass is 479 g/mol. The molecule has 7 nitrogen and oxygen atoms in total. The topological polar surface area (TPSA) is 88.4 Å². The summed E-state index contributed by atoms with van der Waals surface area (Å²) in [5.74, 6) is 0.231. The summed E-state index contributed by atoms with van der Waals surface area (Å²) < 4.78 is 2.00. The van der Waals surface area contributed by atoms with Crippen LogP contribution in [0.1, 0.15) is 26.4 Å². The van der Waals surface area contributed by atoms with Gasteiger partial charge in [-0.1, -0.05) is 12.1 Å². The molecule has 0 aliphatic rings. The zero-order chi connectivity index (χ0) is 24.0. The summed E-state index contributed by atoms with van der Waals surface area (Å²) in [6, 6.07) is 23.6. The van der Waals surface area contributed by atoms with Crippen molar-refractivity contribution in [1.29, 1.82) is 0 Å². The van der Waals surface area contributed by atoms with Crippen LogP contribution >= 0.6 is 11.8 Å². The first-order valence-electron chi connectivity index (χ1n) is 10.9. The molecule has 5 rings (SSSR count). The van der Waals surface area contributed by atoms with Crippen molar-refractivity contribution in [2.24, 2.45) is 0 Å². The zero-order valence-corrected chi connectivity index (χ0v) is 19.4. The molecule has 0 atom stereocenters. The van der Waals surface area contributed by atoms with Crippen molar-refractivity contribution in [2.75, 3.05) is 10.6 Å². The molecule has 0 aliphatic carbocycles. The highest BCUT2D eigenvalue weighted by molar-refractivity contribution is 7.98. The number of nitrogens with zero attached hydrogens (tertiary/aromatic N) is 3. The van der Waals surface area contributed by atoms with E-state index < -0.39 is 0 Å². The third kappa shape index (κ3) is 5.56. The molecule has 172 valence electrons. The molecular formula is C27H21N5O2S. The molecule has 35 heavy (non-hydrogen) atoms. The summed E-state index contributed by atoms with van der Waals surface area (Å²) in [4.78, 5) is 34.9. The minimum atomic E-state index is -0.265. The summed E-state index contributed by atoms with van der Waals surface area (Å²) in [6.45, 7) is 0. The molecule has 2 aromatic carbocycles. The quantitative estimate of drug-likeness (QED) is 0.300. The maximum Gasteiger partial charge on any atom is 0.255 e.